The molecule has 3 aromatic rings. The average Bonchev–Trinajstić information content (AvgIpc) is 2.61. The molecule has 0 saturated heterocycles. The third kappa shape index (κ3) is 3.85. The Labute approximate surface area is 144 Å². The van der Waals surface area contributed by atoms with Crippen LogP contribution in [0.25, 0.3) is 10.9 Å². The number of aryl methyl sites for hydroxylation is 1. The number of para-hydroxylation sites is 2. The Morgan fingerprint density at radius 3 is 2.68 bits per heavy atom. The van der Waals surface area contributed by atoms with Crippen LogP contribution in [0.3, 0.4) is 0 Å². The van der Waals surface area contributed by atoms with Crippen LogP contribution in [0.1, 0.15) is 24.4 Å². The third-order valence-electron chi connectivity index (χ3n) is 3.76. The Balaban J connectivity index is 1.67. The molecule has 1 atom stereocenters. The monoisotopic (exact) mass is 338 g/mol. The summed E-state index contributed by atoms with van der Waals surface area (Å²) in [6, 6.07) is 14.4. The van der Waals surface area contributed by atoms with Gasteiger partial charge in [0.2, 0.25) is 0 Å². The normalized spacial score (nSPS) is 11.9. The number of aromatic nitrogens is 2. The van der Waals surface area contributed by atoms with Crippen molar-refractivity contribution in [3.8, 4) is 5.75 Å². The van der Waals surface area contributed by atoms with Gasteiger partial charge in [0.05, 0.1) is 10.9 Å². The van der Waals surface area contributed by atoms with Gasteiger partial charge >= 0.3 is 5.97 Å². The Morgan fingerprint density at radius 1 is 1.16 bits per heavy atom. The van der Waals surface area contributed by atoms with Crippen molar-refractivity contribution in [3.63, 3.8) is 0 Å². The van der Waals surface area contributed by atoms with Gasteiger partial charge in [-0.3, -0.25) is 4.79 Å². The number of H-pyrrole nitrogens is 1. The molecule has 1 N–H and O–H groups in total. The summed E-state index contributed by atoms with van der Waals surface area (Å²) in [4.78, 5) is 31.1. The number of rotatable bonds is 5. The first-order valence-corrected chi connectivity index (χ1v) is 7.91. The van der Waals surface area contributed by atoms with E-state index in [4.69, 9.17) is 9.47 Å². The summed E-state index contributed by atoms with van der Waals surface area (Å²) in [7, 11) is 0. The lowest BCUT2D eigenvalue weighted by Crippen LogP contribution is -2.20. The Hall–Kier alpha value is -3.15. The molecule has 6 heteroatoms. The molecule has 6 nitrogen and oxygen atoms in total. The lowest BCUT2D eigenvalue weighted by atomic mass is 10.2. The van der Waals surface area contributed by atoms with E-state index < -0.39 is 12.1 Å². The van der Waals surface area contributed by atoms with Gasteiger partial charge in [0, 0.05) is 0 Å². The van der Waals surface area contributed by atoms with Crippen LogP contribution in [0, 0.1) is 6.92 Å². The van der Waals surface area contributed by atoms with E-state index in [1.165, 1.54) is 0 Å². The van der Waals surface area contributed by atoms with E-state index in [1.54, 1.807) is 37.3 Å². The van der Waals surface area contributed by atoms with Crippen LogP contribution in [0.15, 0.2) is 53.3 Å². The molecule has 2 aromatic carbocycles. The number of fused-ring (bicyclic) bond motifs is 1. The van der Waals surface area contributed by atoms with Crippen molar-refractivity contribution in [2.24, 2.45) is 0 Å². The molecular formula is C19H18N2O4. The lowest BCUT2D eigenvalue weighted by Gasteiger charge is -2.14. The fourth-order valence-corrected chi connectivity index (χ4v) is 2.44. The SMILES string of the molecule is Cc1ccccc1OCC(=O)O[C@H](C)c1nc2ccccc2c(=O)[nH]1. The van der Waals surface area contributed by atoms with Crippen LogP contribution < -0.4 is 10.3 Å². The maximum atomic E-state index is 12.1. The molecule has 0 fully saturated rings. The van der Waals surface area contributed by atoms with Gasteiger partial charge in [-0.05, 0) is 37.6 Å². The second kappa shape index (κ2) is 7.17. The van der Waals surface area contributed by atoms with E-state index in [0.29, 0.717) is 22.5 Å². The fourth-order valence-electron chi connectivity index (χ4n) is 2.44. The summed E-state index contributed by atoms with van der Waals surface area (Å²) >= 11 is 0. The Kier molecular flexibility index (Phi) is 4.79. The molecule has 0 aliphatic heterocycles. The highest BCUT2D eigenvalue weighted by atomic mass is 16.6. The van der Waals surface area contributed by atoms with E-state index >= 15 is 0 Å². The van der Waals surface area contributed by atoms with Crippen LogP contribution in [0.2, 0.25) is 0 Å². The van der Waals surface area contributed by atoms with Crippen LogP contribution in [-0.2, 0) is 9.53 Å². The predicted molar refractivity (Wildman–Crippen MR) is 93.5 cm³/mol. The molecule has 0 spiro atoms. The molecule has 0 aliphatic carbocycles. The minimum Gasteiger partial charge on any atom is -0.482 e. The average molecular weight is 338 g/mol. The summed E-state index contributed by atoms with van der Waals surface area (Å²) in [5, 5.41) is 0.493. The van der Waals surface area contributed by atoms with E-state index in [9.17, 15) is 9.59 Å². The first-order chi connectivity index (χ1) is 12.0. The van der Waals surface area contributed by atoms with Gasteiger partial charge in [-0.15, -0.1) is 0 Å². The van der Waals surface area contributed by atoms with Crippen molar-refractivity contribution in [3.05, 3.63) is 70.3 Å². The van der Waals surface area contributed by atoms with E-state index in [0.717, 1.165) is 5.56 Å². The van der Waals surface area contributed by atoms with Crippen LogP contribution >= 0.6 is 0 Å². The summed E-state index contributed by atoms with van der Waals surface area (Å²) in [6.07, 6.45) is -0.690. The molecule has 128 valence electrons. The number of carbonyl (C=O) groups is 1. The number of aromatic amines is 1. The van der Waals surface area contributed by atoms with Gasteiger partial charge < -0.3 is 14.5 Å². The third-order valence-corrected chi connectivity index (χ3v) is 3.76. The molecule has 0 saturated carbocycles. The zero-order valence-electron chi connectivity index (χ0n) is 14.0. The van der Waals surface area contributed by atoms with Crippen LogP contribution in [0.5, 0.6) is 5.75 Å². The van der Waals surface area contributed by atoms with Gasteiger partial charge in [-0.1, -0.05) is 30.3 Å². The van der Waals surface area contributed by atoms with Gasteiger partial charge in [0.15, 0.2) is 18.5 Å². The standard InChI is InChI=1S/C19H18N2O4/c1-12-7-3-6-10-16(12)24-11-17(22)25-13(2)18-20-15-9-5-4-8-14(15)19(23)21-18/h3-10,13H,11H2,1-2H3,(H,20,21,23)/t13-/m1/s1. The second-order valence-electron chi connectivity index (χ2n) is 5.65. The molecule has 0 unspecified atom stereocenters. The highest BCUT2D eigenvalue weighted by Crippen LogP contribution is 2.17. The van der Waals surface area contributed by atoms with Crippen molar-refractivity contribution in [2.75, 3.05) is 6.61 Å². The van der Waals surface area contributed by atoms with Crippen molar-refractivity contribution in [1.29, 1.82) is 0 Å². The molecule has 3 rings (SSSR count). The number of esters is 1. The molecule has 0 aliphatic rings. The quantitative estimate of drug-likeness (QED) is 0.724. The van der Waals surface area contributed by atoms with Crippen molar-refractivity contribution in [1.82, 2.24) is 9.97 Å². The number of carbonyl (C=O) groups excluding carboxylic acids is 1. The summed E-state index contributed by atoms with van der Waals surface area (Å²) in [5.74, 6) is 0.392. The number of ether oxygens (including phenoxy) is 2. The molecule has 0 amide bonds. The largest absolute Gasteiger partial charge is 0.482 e. The van der Waals surface area contributed by atoms with Gasteiger partial charge in [0.25, 0.3) is 5.56 Å². The first-order valence-electron chi connectivity index (χ1n) is 7.91. The van der Waals surface area contributed by atoms with Gasteiger partial charge in [0.1, 0.15) is 5.75 Å². The minimum absolute atomic E-state index is 0.215. The van der Waals surface area contributed by atoms with E-state index in [1.807, 2.05) is 25.1 Å². The highest BCUT2D eigenvalue weighted by molar-refractivity contribution is 5.77. The fraction of sp³-hybridized carbons (Fsp3) is 0.211. The smallest absolute Gasteiger partial charge is 0.344 e. The van der Waals surface area contributed by atoms with Crippen LogP contribution in [0.4, 0.5) is 0 Å². The van der Waals surface area contributed by atoms with Crippen molar-refractivity contribution < 1.29 is 14.3 Å². The predicted octanol–water partition coefficient (Wildman–Crippen LogP) is 2.91. The number of hydrogen-bond donors (Lipinski definition) is 1. The maximum absolute atomic E-state index is 12.1. The first kappa shape index (κ1) is 16.7. The van der Waals surface area contributed by atoms with Crippen molar-refractivity contribution >= 4 is 16.9 Å². The molecule has 1 heterocycles. The molecule has 1 aromatic heterocycles. The minimum atomic E-state index is -0.690. The molecule has 0 bridgehead atoms. The Morgan fingerprint density at radius 2 is 1.88 bits per heavy atom. The zero-order valence-corrected chi connectivity index (χ0v) is 14.0. The van der Waals surface area contributed by atoms with E-state index in [2.05, 4.69) is 9.97 Å². The molecule has 25 heavy (non-hydrogen) atoms. The Bertz CT molecular complexity index is 965. The summed E-state index contributed by atoms with van der Waals surface area (Å²) < 4.78 is 10.8. The number of nitrogens with zero attached hydrogens (tertiary/aromatic N) is 1. The maximum Gasteiger partial charge on any atom is 0.344 e. The van der Waals surface area contributed by atoms with Crippen LogP contribution in [-0.4, -0.2) is 22.5 Å². The number of nitrogens with one attached hydrogen (secondary N) is 1. The zero-order chi connectivity index (χ0) is 17.8. The van der Waals surface area contributed by atoms with Gasteiger partial charge in [-0.25, -0.2) is 9.78 Å². The topological polar surface area (TPSA) is 81.3 Å². The number of hydrogen-bond acceptors (Lipinski definition) is 5. The second-order valence-corrected chi connectivity index (χ2v) is 5.65. The summed E-state index contributed by atoms with van der Waals surface area (Å²) in [5.41, 5.74) is 1.23. The molecule has 0 radical (unpaired) electrons. The highest BCUT2D eigenvalue weighted by Gasteiger charge is 2.16. The van der Waals surface area contributed by atoms with Gasteiger partial charge in [-0.2, -0.15) is 0 Å². The van der Waals surface area contributed by atoms with E-state index in [-0.39, 0.29) is 12.2 Å². The number of benzene rings is 2. The van der Waals surface area contributed by atoms with Crippen molar-refractivity contribution in [2.45, 2.75) is 20.0 Å². The molecular weight excluding hydrogens is 320 g/mol. The lowest BCUT2D eigenvalue weighted by molar-refractivity contribution is -0.151. The summed E-state index contributed by atoms with van der Waals surface area (Å²) in [6.45, 7) is 3.33.